The van der Waals surface area contributed by atoms with Gasteiger partial charge in [-0.25, -0.2) is 0 Å². The van der Waals surface area contributed by atoms with E-state index < -0.39 is 17.1 Å². The van der Waals surface area contributed by atoms with Gasteiger partial charge >= 0.3 is 0 Å². The highest BCUT2D eigenvalue weighted by molar-refractivity contribution is 8.00. The molecule has 1 atom stereocenters. The lowest BCUT2D eigenvalue weighted by Gasteiger charge is -2.18. The fraction of sp³-hybridized carbons (Fsp3) is 0.0541. The summed E-state index contributed by atoms with van der Waals surface area (Å²) in [4.78, 5) is 40.8. The second kappa shape index (κ2) is 16.0. The molecule has 10 heteroatoms. The Hall–Kier alpha value is -5.02. The van der Waals surface area contributed by atoms with Gasteiger partial charge in [0, 0.05) is 26.7 Å². The number of para-hydroxylation sites is 1. The maximum atomic E-state index is 13.5. The summed E-state index contributed by atoms with van der Waals surface area (Å²) in [6, 6.07) is 37.1. The summed E-state index contributed by atoms with van der Waals surface area (Å²) in [6.07, 6.45) is 1.56. The van der Waals surface area contributed by atoms with Gasteiger partial charge in [-0.15, -0.1) is 11.8 Å². The van der Waals surface area contributed by atoms with E-state index in [1.165, 1.54) is 18.9 Å². The second-order valence-electron chi connectivity index (χ2n) is 10.1. The first-order chi connectivity index (χ1) is 22.8. The van der Waals surface area contributed by atoms with Crippen LogP contribution < -0.4 is 20.7 Å². The first-order valence-electron chi connectivity index (χ1n) is 14.4. The van der Waals surface area contributed by atoms with Crippen molar-refractivity contribution in [2.24, 2.45) is 0 Å². The minimum atomic E-state index is -0.615. The summed E-state index contributed by atoms with van der Waals surface area (Å²) in [5.74, 6) is -0.690. The van der Waals surface area contributed by atoms with Crippen LogP contribution in [-0.4, -0.2) is 24.8 Å². The molecule has 0 spiro atoms. The normalized spacial score (nSPS) is 11.7. The molecule has 0 aliphatic heterocycles. The third-order valence-corrected chi connectivity index (χ3v) is 8.69. The monoisotopic (exact) mass is 681 g/mol. The van der Waals surface area contributed by atoms with Crippen LogP contribution in [0.25, 0.3) is 6.08 Å². The third kappa shape index (κ3) is 9.04. The van der Waals surface area contributed by atoms with Gasteiger partial charge in [-0.05, 0) is 72.3 Å². The van der Waals surface area contributed by atoms with Crippen LogP contribution in [0.4, 0.5) is 11.4 Å². The molecule has 5 rings (SSSR count). The Bertz CT molecular complexity index is 1900. The number of methoxy groups -OCH3 is 1. The molecule has 5 aromatic rings. The lowest BCUT2D eigenvalue weighted by molar-refractivity contribution is -0.116. The molecule has 0 aliphatic rings. The van der Waals surface area contributed by atoms with Crippen molar-refractivity contribution in [2.45, 2.75) is 10.1 Å². The highest BCUT2D eigenvalue weighted by Crippen LogP contribution is 2.37. The van der Waals surface area contributed by atoms with Gasteiger partial charge in [0.25, 0.3) is 11.8 Å². The van der Waals surface area contributed by atoms with Gasteiger partial charge in [-0.1, -0.05) is 89.9 Å². The van der Waals surface area contributed by atoms with E-state index in [0.29, 0.717) is 38.3 Å². The zero-order valence-electron chi connectivity index (χ0n) is 25.1. The van der Waals surface area contributed by atoms with Crippen LogP contribution >= 0.6 is 35.0 Å². The number of carbonyl (C=O) groups is 3. The van der Waals surface area contributed by atoms with Crippen LogP contribution in [0.1, 0.15) is 26.7 Å². The summed E-state index contributed by atoms with van der Waals surface area (Å²) >= 11 is 13.8. The number of thioether (sulfide) groups is 1. The van der Waals surface area contributed by atoms with E-state index in [9.17, 15) is 14.4 Å². The molecule has 0 bridgehead atoms. The summed E-state index contributed by atoms with van der Waals surface area (Å²) in [6.45, 7) is 0. The van der Waals surface area contributed by atoms with Crippen molar-refractivity contribution in [3.63, 3.8) is 0 Å². The average molecular weight is 683 g/mol. The summed E-state index contributed by atoms with van der Waals surface area (Å²) in [7, 11) is 1.53. The molecule has 47 heavy (non-hydrogen) atoms. The number of nitrogens with one attached hydrogen (secondary N) is 3. The highest BCUT2D eigenvalue weighted by Gasteiger charge is 2.23. The molecule has 3 N–H and O–H groups in total. The molecule has 3 amide bonds. The summed E-state index contributed by atoms with van der Waals surface area (Å²) in [5.41, 5.74) is 2.76. The number of halogens is 2. The Balaban J connectivity index is 1.35. The molecule has 7 nitrogen and oxygen atoms in total. The minimum Gasteiger partial charge on any atom is -0.496 e. The minimum absolute atomic E-state index is 0.0299. The topological polar surface area (TPSA) is 96.5 Å². The van der Waals surface area contributed by atoms with E-state index in [0.717, 1.165) is 10.5 Å². The number of carbonyl (C=O) groups excluding carboxylic acids is 3. The molecule has 0 aromatic heterocycles. The second-order valence-corrected chi connectivity index (χ2v) is 12.1. The van der Waals surface area contributed by atoms with E-state index >= 15 is 0 Å². The van der Waals surface area contributed by atoms with Crippen LogP contribution in [0.15, 0.2) is 138 Å². The molecular formula is C37H29Cl2N3O4S. The molecule has 0 saturated carbocycles. The zero-order valence-corrected chi connectivity index (χ0v) is 27.4. The van der Waals surface area contributed by atoms with Crippen LogP contribution in [0.3, 0.4) is 0 Å². The Morgan fingerprint density at radius 1 is 0.766 bits per heavy atom. The largest absolute Gasteiger partial charge is 0.496 e. The Labute approximate surface area is 287 Å². The van der Waals surface area contributed by atoms with Crippen LogP contribution in [0.2, 0.25) is 10.0 Å². The van der Waals surface area contributed by atoms with Crippen molar-refractivity contribution in [1.82, 2.24) is 5.32 Å². The molecule has 0 saturated heterocycles. The van der Waals surface area contributed by atoms with Gasteiger partial charge in [0.15, 0.2) is 0 Å². The Morgan fingerprint density at radius 2 is 1.43 bits per heavy atom. The number of ether oxygens (including phenoxy) is 1. The van der Waals surface area contributed by atoms with Crippen molar-refractivity contribution in [3.8, 4) is 5.75 Å². The number of hydrogen-bond donors (Lipinski definition) is 3. The Kier molecular flexibility index (Phi) is 11.4. The van der Waals surface area contributed by atoms with E-state index in [4.69, 9.17) is 27.9 Å². The van der Waals surface area contributed by atoms with E-state index in [-0.39, 0.29) is 11.6 Å². The smallest absolute Gasteiger partial charge is 0.272 e. The van der Waals surface area contributed by atoms with E-state index in [2.05, 4.69) is 16.0 Å². The molecule has 0 fully saturated rings. The van der Waals surface area contributed by atoms with Gasteiger partial charge in [0.2, 0.25) is 5.91 Å². The first kappa shape index (κ1) is 33.3. The molecule has 0 aliphatic carbocycles. The molecule has 0 radical (unpaired) electrons. The fourth-order valence-electron chi connectivity index (χ4n) is 4.53. The van der Waals surface area contributed by atoms with Crippen molar-refractivity contribution in [3.05, 3.63) is 160 Å². The summed E-state index contributed by atoms with van der Waals surface area (Å²) < 4.78 is 5.44. The van der Waals surface area contributed by atoms with Crippen molar-refractivity contribution in [2.75, 3.05) is 17.7 Å². The van der Waals surface area contributed by atoms with Gasteiger partial charge in [0.1, 0.15) is 16.7 Å². The molecule has 5 aromatic carbocycles. The van der Waals surface area contributed by atoms with Gasteiger partial charge in [-0.2, -0.15) is 0 Å². The maximum absolute atomic E-state index is 13.5. The van der Waals surface area contributed by atoms with Crippen LogP contribution in [0.5, 0.6) is 5.75 Å². The number of amides is 3. The van der Waals surface area contributed by atoms with Crippen molar-refractivity contribution < 1.29 is 19.1 Å². The maximum Gasteiger partial charge on any atom is 0.272 e. The van der Waals surface area contributed by atoms with Crippen molar-refractivity contribution >= 4 is 70.1 Å². The number of hydrogen-bond acceptors (Lipinski definition) is 5. The van der Waals surface area contributed by atoms with Gasteiger partial charge < -0.3 is 20.7 Å². The molecule has 0 heterocycles. The predicted octanol–water partition coefficient (Wildman–Crippen LogP) is 8.88. The van der Waals surface area contributed by atoms with E-state index in [1.807, 2.05) is 54.6 Å². The predicted molar refractivity (Wildman–Crippen MR) is 190 cm³/mol. The average Bonchev–Trinajstić information content (AvgIpc) is 3.10. The fourth-order valence-corrected chi connectivity index (χ4v) is 5.89. The standard InChI is InChI=1S/C37H29Cl2N3O4S/c1-46-33-15-9-8-14-26(33)22-32(42-35(43)25-12-6-3-7-13-25)36(44)40-28-17-19-29(20-18-28)47-34(24-10-4-2-5-11-24)37(45)41-31-23-27(38)16-21-30(31)39/h2-23,34H,1H3,(H,40,44)(H,41,45)(H,42,43)/b32-22-. The highest BCUT2D eigenvalue weighted by atomic mass is 35.5. The molecular weight excluding hydrogens is 653 g/mol. The SMILES string of the molecule is COc1ccccc1/C=C(\NC(=O)c1ccccc1)C(=O)Nc1ccc(SC(C(=O)Nc2cc(Cl)ccc2Cl)c2ccccc2)cc1. The number of rotatable bonds is 11. The van der Waals surface area contributed by atoms with Crippen LogP contribution in [-0.2, 0) is 9.59 Å². The first-order valence-corrected chi connectivity index (χ1v) is 16.0. The Morgan fingerprint density at radius 3 is 2.13 bits per heavy atom. The van der Waals surface area contributed by atoms with Crippen LogP contribution in [0, 0.1) is 0 Å². The third-order valence-electron chi connectivity index (χ3n) is 6.86. The number of benzene rings is 5. The molecule has 236 valence electrons. The molecule has 1 unspecified atom stereocenters. The van der Waals surface area contributed by atoms with Gasteiger partial charge in [0.05, 0.1) is 17.8 Å². The lowest BCUT2D eigenvalue weighted by atomic mass is 10.1. The van der Waals surface area contributed by atoms with E-state index in [1.54, 1.807) is 78.9 Å². The van der Waals surface area contributed by atoms with Crippen molar-refractivity contribution in [1.29, 1.82) is 0 Å². The van der Waals surface area contributed by atoms with Gasteiger partial charge in [-0.3, -0.25) is 14.4 Å². The lowest BCUT2D eigenvalue weighted by Crippen LogP contribution is -2.30. The summed E-state index contributed by atoms with van der Waals surface area (Å²) in [5, 5.41) is 8.70. The zero-order chi connectivity index (χ0) is 33.2. The quantitative estimate of drug-likeness (QED) is 0.0956. The number of anilines is 2.